The number of amides is 1. The number of carbonyl (C=O) groups excluding carboxylic acids is 1. The van der Waals surface area contributed by atoms with Gasteiger partial charge in [-0.25, -0.2) is 4.79 Å². The number of nitrogens with one attached hydrogen (secondary N) is 1. The second kappa shape index (κ2) is 3.75. The molecule has 4 nitrogen and oxygen atoms in total. The van der Waals surface area contributed by atoms with E-state index in [-0.39, 0.29) is 22.7 Å². The van der Waals surface area contributed by atoms with E-state index in [2.05, 4.69) is 5.32 Å². The van der Waals surface area contributed by atoms with E-state index in [1.165, 1.54) is 0 Å². The number of rotatable bonds is 4. The minimum atomic E-state index is -0.966. The van der Waals surface area contributed by atoms with E-state index in [1.54, 1.807) is 6.92 Å². The number of hydrogen-bond acceptors (Lipinski definition) is 2. The quantitative estimate of drug-likeness (QED) is 0.767. The minimum Gasteiger partial charge on any atom is -0.480 e. The summed E-state index contributed by atoms with van der Waals surface area (Å²) in [5.41, 5.74) is -0.0955. The summed E-state index contributed by atoms with van der Waals surface area (Å²) in [7, 11) is 0. The lowest BCUT2D eigenvalue weighted by atomic mass is 10.0. The largest absolute Gasteiger partial charge is 0.480 e. The Morgan fingerprint density at radius 2 is 1.69 bits per heavy atom. The molecule has 0 bridgehead atoms. The topological polar surface area (TPSA) is 66.4 Å². The molecule has 0 unspecified atom stereocenters. The molecule has 1 aliphatic carbocycles. The zero-order valence-electron chi connectivity index (χ0n) is 10.6. The van der Waals surface area contributed by atoms with Gasteiger partial charge >= 0.3 is 5.97 Å². The molecule has 4 heteroatoms. The Labute approximate surface area is 96.4 Å². The summed E-state index contributed by atoms with van der Waals surface area (Å²) in [6.45, 7) is 9.91. The Hall–Kier alpha value is -1.06. The molecule has 1 rings (SSSR count). The van der Waals surface area contributed by atoms with Gasteiger partial charge in [0.2, 0.25) is 5.91 Å². The molecular weight excluding hydrogens is 206 g/mol. The number of carboxylic acid groups (broad SMARTS) is 1. The van der Waals surface area contributed by atoms with Crippen LogP contribution >= 0.6 is 0 Å². The molecule has 0 heterocycles. The van der Waals surface area contributed by atoms with E-state index in [0.29, 0.717) is 6.42 Å². The van der Waals surface area contributed by atoms with Gasteiger partial charge in [0.15, 0.2) is 0 Å². The zero-order chi connectivity index (χ0) is 12.7. The van der Waals surface area contributed by atoms with Crippen LogP contribution in [0.3, 0.4) is 0 Å². The van der Waals surface area contributed by atoms with Gasteiger partial charge < -0.3 is 10.4 Å². The van der Waals surface area contributed by atoms with E-state index in [1.807, 2.05) is 27.7 Å². The van der Waals surface area contributed by atoms with Crippen molar-refractivity contribution in [1.29, 1.82) is 0 Å². The second-order valence-corrected chi connectivity index (χ2v) is 5.68. The van der Waals surface area contributed by atoms with Crippen LogP contribution in [0.2, 0.25) is 0 Å². The molecule has 0 radical (unpaired) electrons. The van der Waals surface area contributed by atoms with E-state index >= 15 is 0 Å². The van der Waals surface area contributed by atoms with Gasteiger partial charge in [-0.05, 0) is 17.3 Å². The summed E-state index contributed by atoms with van der Waals surface area (Å²) in [5, 5.41) is 11.5. The third-order valence-corrected chi connectivity index (χ3v) is 4.31. The molecular formula is C12H21NO3. The minimum absolute atomic E-state index is 0.0477. The van der Waals surface area contributed by atoms with Crippen molar-refractivity contribution in [3.8, 4) is 0 Å². The maximum Gasteiger partial charge on any atom is 0.326 e. The molecule has 1 saturated carbocycles. The number of carbonyl (C=O) groups is 2. The predicted octanol–water partition coefficient (Wildman–Crippen LogP) is 1.65. The van der Waals surface area contributed by atoms with Crippen molar-refractivity contribution >= 4 is 11.9 Å². The average molecular weight is 227 g/mol. The second-order valence-electron chi connectivity index (χ2n) is 5.68. The average Bonchev–Trinajstić information content (AvgIpc) is 2.52. The Kier molecular flexibility index (Phi) is 3.05. The van der Waals surface area contributed by atoms with Crippen molar-refractivity contribution in [3.05, 3.63) is 0 Å². The van der Waals surface area contributed by atoms with Gasteiger partial charge in [-0.1, -0.05) is 34.6 Å². The lowest BCUT2D eigenvalue weighted by Crippen LogP contribution is -2.41. The number of carboxylic acids is 1. The number of aliphatic carboxylic acids is 1. The van der Waals surface area contributed by atoms with Gasteiger partial charge in [0.05, 0.1) is 0 Å². The van der Waals surface area contributed by atoms with Crippen molar-refractivity contribution in [3.63, 3.8) is 0 Å². The van der Waals surface area contributed by atoms with Crippen LogP contribution in [0.15, 0.2) is 0 Å². The highest BCUT2D eigenvalue weighted by Gasteiger charge is 2.68. The fourth-order valence-corrected chi connectivity index (χ4v) is 2.45. The van der Waals surface area contributed by atoms with Crippen LogP contribution in [-0.4, -0.2) is 23.0 Å². The van der Waals surface area contributed by atoms with Crippen molar-refractivity contribution in [1.82, 2.24) is 5.32 Å². The fraction of sp³-hybridized carbons (Fsp3) is 0.833. The summed E-state index contributed by atoms with van der Waals surface area (Å²) < 4.78 is 0. The molecule has 1 atom stereocenters. The molecule has 1 fully saturated rings. The third-order valence-electron chi connectivity index (χ3n) is 4.31. The molecule has 0 spiro atoms. The highest BCUT2D eigenvalue weighted by Crippen LogP contribution is 2.68. The Morgan fingerprint density at radius 3 is 1.94 bits per heavy atom. The van der Waals surface area contributed by atoms with Gasteiger partial charge in [-0.2, -0.15) is 0 Å². The third kappa shape index (κ3) is 1.81. The van der Waals surface area contributed by atoms with Crippen LogP contribution in [0.5, 0.6) is 0 Å². The lowest BCUT2D eigenvalue weighted by molar-refractivity contribution is -0.142. The van der Waals surface area contributed by atoms with Crippen molar-refractivity contribution < 1.29 is 14.7 Å². The first-order chi connectivity index (χ1) is 7.16. The zero-order valence-corrected chi connectivity index (χ0v) is 10.6. The summed E-state index contributed by atoms with van der Waals surface area (Å²) in [5.74, 6) is -1.19. The van der Waals surface area contributed by atoms with Crippen LogP contribution in [0.4, 0.5) is 0 Å². The van der Waals surface area contributed by atoms with Gasteiger partial charge in [-0.15, -0.1) is 0 Å². The van der Waals surface area contributed by atoms with E-state index in [4.69, 9.17) is 5.11 Å². The highest BCUT2D eigenvalue weighted by atomic mass is 16.4. The van der Waals surface area contributed by atoms with Crippen LogP contribution < -0.4 is 5.32 Å². The van der Waals surface area contributed by atoms with E-state index in [9.17, 15) is 9.59 Å². The summed E-state index contributed by atoms with van der Waals surface area (Å²) in [4.78, 5) is 22.8. The lowest BCUT2D eigenvalue weighted by Gasteiger charge is -2.13. The molecule has 0 saturated heterocycles. The first-order valence-electron chi connectivity index (χ1n) is 5.69. The summed E-state index contributed by atoms with van der Waals surface area (Å²) >= 11 is 0. The monoisotopic (exact) mass is 227 g/mol. The van der Waals surface area contributed by atoms with Gasteiger partial charge in [0.25, 0.3) is 0 Å². The SMILES string of the molecule is CC[C@@H](NC(=O)C1C(C)(C)C1(C)C)C(=O)O. The van der Waals surface area contributed by atoms with Crippen LogP contribution in [0.25, 0.3) is 0 Å². The summed E-state index contributed by atoms with van der Waals surface area (Å²) in [6.07, 6.45) is 0.411. The van der Waals surface area contributed by atoms with Crippen molar-refractivity contribution in [2.45, 2.75) is 47.1 Å². The Balaban J connectivity index is 2.66. The first-order valence-corrected chi connectivity index (χ1v) is 5.69. The fourth-order valence-electron chi connectivity index (χ4n) is 2.45. The predicted molar refractivity (Wildman–Crippen MR) is 60.9 cm³/mol. The smallest absolute Gasteiger partial charge is 0.326 e. The Morgan fingerprint density at radius 1 is 1.25 bits per heavy atom. The van der Waals surface area contributed by atoms with Gasteiger partial charge in [0, 0.05) is 5.92 Å². The normalized spacial score (nSPS) is 23.6. The standard InChI is InChI=1S/C12H21NO3/c1-6-7(10(15)16)13-9(14)8-11(2,3)12(8,4)5/h7-8H,6H2,1-5H3,(H,13,14)(H,15,16)/t7-/m1/s1. The maximum atomic E-state index is 11.9. The van der Waals surface area contributed by atoms with E-state index in [0.717, 1.165) is 0 Å². The van der Waals surface area contributed by atoms with Crippen molar-refractivity contribution in [2.75, 3.05) is 0 Å². The molecule has 0 aromatic heterocycles. The molecule has 0 aliphatic heterocycles. The summed E-state index contributed by atoms with van der Waals surface area (Å²) in [6, 6.07) is -0.764. The molecule has 0 aromatic rings. The van der Waals surface area contributed by atoms with E-state index < -0.39 is 12.0 Å². The molecule has 92 valence electrons. The molecule has 1 aliphatic rings. The number of hydrogen-bond donors (Lipinski definition) is 2. The van der Waals surface area contributed by atoms with Crippen LogP contribution in [0.1, 0.15) is 41.0 Å². The van der Waals surface area contributed by atoms with Gasteiger partial charge in [-0.3, -0.25) is 4.79 Å². The maximum absolute atomic E-state index is 11.9. The van der Waals surface area contributed by atoms with Crippen molar-refractivity contribution in [2.24, 2.45) is 16.7 Å². The van der Waals surface area contributed by atoms with Crippen LogP contribution in [0, 0.1) is 16.7 Å². The van der Waals surface area contributed by atoms with Gasteiger partial charge in [0.1, 0.15) is 6.04 Å². The molecule has 2 N–H and O–H groups in total. The first kappa shape index (κ1) is 13.0. The van der Waals surface area contributed by atoms with Crippen LogP contribution in [-0.2, 0) is 9.59 Å². The Bertz CT molecular complexity index is 306. The molecule has 1 amide bonds. The highest BCUT2D eigenvalue weighted by molar-refractivity contribution is 5.88. The molecule has 0 aromatic carbocycles. The molecule has 16 heavy (non-hydrogen) atoms.